The summed E-state index contributed by atoms with van der Waals surface area (Å²) in [7, 11) is 0. The molecular weight excluding hydrogens is 402 g/mol. The zero-order valence-electron chi connectivity index (χ0n) is 16.4. The first-order valence-corrected chi connectivity index (χ1v) is 11.6. The molecule has 0 spiro atoms. The van der Waals surface area contributed by atoms with Crippen molar-refractivity contribution in [2.75, 3.05) is 11.9 Å². The third kappa shape index (κ3) is 6.51. The number of rotatable bonds is 10. The number of hydrogen-bond acceptors (Lipinski definition) is 5. The minimum Gasteiger partial charge on any atom is -0.352 e. The molecule has 3 aromatic rings. The number of thiophene rings is 1. The Balaban J connectivity index is 1.42. The quantitative estimate of drug-likeness (QED) is 0.428. The van der Waals surface area contributed by atoms with Crippen molar-refractivity contribution in [2.45, 2.75) is 39.0 Å². The van der Waals surface area contributed by atoms with Crippen molar-refractivity contribution in [3.63, 3.8) is 0 Å². The maximum Gasteiger partial charge on any atom is 0.252 e. The summed E-state index contributed by atoms with van der Waals surface area (Å²) in [6, 6.07) is 10.2. The molecule has 0 bridgehead atoms. The summed E-state index contributed by atoms with van der Waals surface area (Å²) in [6.07, 6.45) is 4.41. The van der Waals surface area contributed by atoms with Gasteiger partial charge in [0.15, 0.2) is 5.13 Å². The number of anilines is 1. The van der Waals surface area contributed by atoms with Crippen LogP contribution in [0.25, 0.3) is 11.3 Å². The van der Waals surface area contributed by atoms with E-state index in [9.17, 15) is 9.59 Å². The number of aryl methyl sites for hydroxylation is 1. The van der Waals surface area contributed by atoms with E-state index in [0.29, 0.717) is 30.1 Å². The molecule has 1 aromatic carbocycles. The monoisotopic (exact) mass is 427 g/mol. The van der Waals surface area contributed by atoms with Gasteiger partial charge in [-0.05, 0) is 36.3 Å². The molecule has 0 atom stereocenters. The van der Waals surface area contributed by atoms with Gasteiger partial charge in [0.05, 0.1) is 5.69 Å². The third-order valence-electron chi connectivity index (χ3n) is 4.47. The fraction of sp³-hybridized carbons (Fsp3) is 0.318. The molecule has 0 saturated heterocycles. The maximum absolute atomic E-state index is 12.1. The van der Waals surface area contributed by atoms with E-state index in [-0.39, 0.29) is 11.8 Å². The number of hydrogen-bond donors (Lipinski definition) is 2. The highest BCUT2D eigenvalue weighted by Crippen LogP contribution is 2.25. The molecule has 2 N–H and O–H groups in total. The molecule has 0 aliphatic rings. The summed E-state index contributed by atoms with van der Waals surface area (Å²) < 4.78 is 0. The van der Waals surface area contributed by atoms with Gasteiger partial charge in [0.2, 0.25) is 5.91 Å². The van der Waals surface area contributed by atoms with Crippen molar-refractivity contribution in [1.29, 1.82) is 0 Å². The molecule has 0 aliphatic carbocycles. The van der Waals surface area contributed by atoms with Crippen LogP contribution >= 0.6 is 22.7 Å². The van der Waals surface area contributed by atoms with Gasteiger partial charge < -0.3 is 10.6 Å². The van der Waals surface area contributed by atoms with E-state index >= 15 is 0 Å². The summed E-state index contributed by atoms with van der Waals surface area (Å²) in [5, 5.41) is 11.9. The summed E-state index contributed by atoms with van der Waals surface area (Å²) in [5.41, 5.74) is 3.92. The SMILES string of the molecule is CCCCc1ccc(-c2csc(NC(=O)CCCNC(=O)c3ccsc3)n2)cc1. The van der Waals surface area contributed by atoms with Gasteiger partial charge in [-0.3, -0.25) is 9.59 Å². The van der Waals surface area contributed by atoms with Crippen LogP contribution in [-0.4, -0.2) is 23.3 Å². The van der Waals surface area contributed by atoms with Crippen molar-refractivity contribution in [3.05, 3.63) is 57.6 Å². The van der Waals surface area contributed by atoms with Crippen LogP contribution in [-0.2, 0) is 11.2 Å². The number of amides is 2. The molecule has 3 rings (SSSR count). The number of nitrogens with zero attached hydrogens (tertiary/aromatic N) is 1. The standard InChI is InChI=1S/C22H25N3O2S2/c1-2-3-5-16-7-9-17(10-8-16)19-15-29-22(24-19)25-20(26)6-4-12-23-21(27)18-11-13-28-14-18/h7-11,13-15H,2-6,12H2,1H3,(H,23,27)(H,24,25,26). The Labute approximate surface area is 179 Å². The van der Waals surface area contributed by atoms with E-state index in [1.165, 1.54) is 41.1 Å². The molecular formula is C22H25N3O2S2. The van der Waals surface area contributed by atoms with E-state index in [1.54, 1.807) is 11.4 Å². The van der Waals surface area contributed by atoms with Crippen molar-refractivity contribution in [1.82, 2.24) is 10.3 Å². The third-order valence-corrected chi connectivity index (χ3v) is 5.91. The van der Waals surface area contributed by atoms with Crippen molar-refractivity contribution in [3.8, 4) is 11.3 Å². The lowest BCUT2D eigenvalue weighted by atomic mass is 10.1. The highest BCUT2D eigenvalue weighted by Gasteiger charge is 2.09. The normalized spacial score (nSPS) is 10.7. The number of carbonyl (C=O) groups excluding carboxylic acids is 2. The molecule has 0 saturated carbocycles. The van der Waals surface area contributed by atoms with Gasteiger partial charge in [-0.15, -0.1) is 11.3 Å². The van der Waals surface area contributed by atoms with Gasteiger partial charge >= 0.3 is 0 Å². The zero-order valence-corrected chi connectivity index (χ0v) is 18.1. The average Bonchev–Trinajstić information content (AvgIpc) is 3.42. The Kier molecular flexibility index (Phi) is 7.95. The second-order valence-electron chi connectivity index (χ2n) is 6.76. The molecule has 0 unspecified atom stereocenters. The number of aromatic nitrogens is 1. The van der Waals surface area contributed by atoms with Crippen LogP contribution < -0.4 is 10.6 Å². The van der Waals surface area contributed by atoms with E-state index in [0.717, 1.165) is 17.7 Å². The predicted octanol–water partition coefficient (Wildman–Crippen LogP) is 5.36. The number of unbranched alkanes of at least 4 members (excludes halogenated alkanes) is 1. The molecule has 152 valence electrons. The topological polar surface area (TPSA) is 71.1 Å². The lowest BCUT2D eigenvalue weighted by Crippen LogP contribution is -2.25. The van der Waals surface area contributed by atoms with Gasteiger partial charge in [-0.2, -0.15) is 11.3 Å². The fourth-order valence-electron chi connectivity index (χ4n) is 2.82. The Hall–Kier alpha value is -2.51. The van der Waals surface area contributed by atoms with Gasteiger partial charge in [0.25, 0.3) is 5.91 Å². The van der Waals surface area contributed by atoms with Crippen LogP contribution in [0.5, 0.6) is 0 Å². The van der Waals surface area contributed by atoms with Crippen LogP contribution in [0, 0.1) is 0 Å². The highest BCUT2D eigenvalue weighted by atomic mass is 32.1. The Morgan fingerprint density at radius 1 is 1.07 bits per heavy atom. The van der Waals surface area contributed by atoms with E-state index in [2.05, 4.69) is 46.8 Å². The highest BCUT2D eigenvalue weighted by molar-refractivity contribution is 7.14. The predicted molar refractivity (Wildman–Crippen MR) is 121 cm³/mol. The summed E-state index contributed by atoms with van der Waals surface area (Å²) >= 11 is 2.91. The molecule has 2 heterocycles. The van der Waals surface area contributed by atoms with E-state index < -0.39 is 0 Å². The van der Waals surface area contributed by atoms with Crippen LogP contribution in [0.4, 0.5) is 5.13 Å². The van der Waals surface area contributed by atoms with Crippen molar-refractivity contribution < 1.29 is 9.59 Å². The van der Waals surface area contributed by atoms with E-state index in [1.807, 2.05) is 10.8 Å². The number of benzene rings is 1. The second kappa shape index (κ2) is 10.9. The van der Waals surface area contributed by atoms with Gasteiger partial charge in [-0.1, -0.05) is 37.6 Å². The fourth-order valence-corrected chi connectivity index (χ4v) is 4.19. The van der Waals surface area contributed by atoms with Gasteiger partial charge in [0, 0.05) is 34.9 Å². The first-order chi connectivity index (χ1) is 14.2. The largest absolute Gasteiger partial charge is 0.352 e. The number of carbonyl (C=O) groups is 2. The summed E-state index contributed by atoms with van der Waals surface area (Å²) in [5.74, 6) is -0.192. The molecule has 0 fully saturated rings. The lowest BCUT2D eigenvalue weighted by Gasteiger charge is -2.04. The van der Waals surface area contributed by atoms with Crippen molar-refractivity contribution >= 4 is 39.6 Å². The molecule has 7 heteroatoms. The van der Waals surface area contributed by atoms with Crippen LogP contribution in [0.2, 0.25) is 0 Å². The minimum atomic E-state index is -0.100. The summed E-state index contributed by atoms with van der Waals surface area (Å²) in [4.78, 5) is 28.5. The van der Waals surface area contributed by atoms with Crippen LogP contribution in [0.1, 0.15) is 48.5 Å². The molecule has 2 amide bonds. The Morgan fingerprint density at radius 3 is 2.62 bits per heavy atom. The number of nitrogens with one attached hydrogen (secondary N) is 2. The van der Waals surface area contributed by atoms with Crippen molar-refractivity contribution in [2.24, 2.45) is 0 Å². The molecule has 0 radical (unpaired) electrons. The van der Waals surface area contributed by atoms with E-state index in [4.69, 9.17) is 0 Å². The summed E-state index contributed by atoms with van der Waals surface area (Å²) in [6.45, 7) is 2.66. The first-order valence-electron chi connectivity index (χ1n) is 9.81. The maximum atomic E-state index is 12.1. The minimum absolute atomic E-state index is 0.0920. The lowest BCUT2D eigenvalue weighted by molar-refractivity contribution is -0.116. The molecule has 0 aliphatic heterocycles. The smallest absolute Gasteiger partial charge is 0.252 e. The van der Waals surface area contributed by atoms with Crippen LogP contribution in [0.3, 0.4) is 0 Å². The molecule has 29 heavy (non-hydrogen) atoms. The molecule has 5 nitrogen and oxygen atoms in total. The Bertz CT molecular complexity index is 918. The average molecular weight is 428 g/mol. The van der Waals surface area contributed by atoms with Gasteiger partial charge in [-0.25, -0.2) is 4.98 Å². The molecule has 2 aromatic heterocycles. The first kappa shape index (κ1) is 21.2. The Morgan fingerprint density at radius 2 is 1.90 bits per heavy atom. The number of thiazole rings is 1. The second-order valence-corrected chi connectivity index (χ2v) is 8.40. The van der Waals surface area contributed by atoms with Gasteiger partial charge in [0.1, 0.15) is 0 Å². The zero-order chi connectivity index (χ0) is 20.5. The van der Waals surface area contributed by atoms with Crippen LogP contribution in [0.15, 0.2) is 46.5 Å².